The van der Waals surface area contributed by atoms with E-state index in [-0.39, 0.29) is 17.9 Å². The Hall–Kier alpha value is -1.47. The summed E-state index contributed by atoms with van der Waals surface area (Å²) in [6, 6.07) is 0.222. The summed E-state index contributed by atoms with van der Waals surface area (Å²) >= 11 is 0. The zero-order valence-electron chi connectivity index (χ0n) is 13.7. The minimum Gasteiger partial charge on any atom is -0.383 e. The van der Waals surface area contributed by atoms with E-state index in [1.807, 2.05) is 11.9 Å². The maximum absolute atomic E-state index is 12.7. The molecule has 0 spiro atoms. The molecule has 0 aromatic rings. The molecule has 2 rings (SSSR count). The number of ether oxygens (including phenoxy) is 1. The van der Waals surface area contributed by atoms with Crippen LogP contribution < -0.4 is 0 Å². The zero-order valence-corrected chi connectivity index (χ0v) is 13.7. The van der Waals surface area contributed by atoms with E-state index >= 15 is 0 Å². The molecule has 0 N–H and O–H groups in total. The first-order valence-electron chi connectivity index (χ1n) is 7.85. The molecule has 0 radical (unpaired) electrons. The van der Waals surface area contributed by atoms with Gasteiger partial charge in [0.15, 0.2) is 0 Å². The lowest BCUT2D eigenvalue weighted by molar-refractivity contribution is -0.130. The largest absolute Gasteiger partial charge is 0.383 e. The number of hydrogen-bond donors (Lipinski definition) is 0. The van der Waals surface area contributed by atoms with Crippen LogP contribution in [0.4, 0.5) is 0 Å². The normalized spacial score (nSPS) is 22.5. The molecule has 2 aliphatic rings. The molecule has 2 aliphatic heterocycles. The van der Waals surface area contributed by atoms with E-state index < -0.39 is 0 Å². The summed E-state index contributed by atoms with van der Waals surface area (Å²) in [5.74, 6) is -0.0455. The lowest BCUT2D eigenvalue weighted by atomic mass is 10.1. The number of rotatable bonds is 6. The van der Waals surface area contributed by atoms with Crippen molar-refractivity contribution in [1.82, 2.24) is 14.8 Å². The molecule has 124 valence electrons. The Morgan fingerprint density at radius 2 is 2.23 bits per heavy atom. The van der Waals surface area contributed by atoms with Gasteiger partial charge < -0.3 is 14.5 Å². The molecule has 0 saturated carbocycles. The van der Waals surface area contributed by atoms with Crippen molar-refractivity contribution in [1.29, 1.82) is 0 Å². The number of carbonyl (C=O) groups is 2. The number of methoxy groups -OCH3 is 1. The van der Waals surface area contributed by atoms with Gasteiger partial charge in [0.1, 0.15) is 5.71 Å². The Balaban J connectivity index is 1.96. The van der Waals surface area contributed by atoms with Gasteiger partial charge in [0.25, 0.3) is 5.91 Å². The average molecular weight is 310 g/mol. The van der Waals surface area contributed by atoms with Gasteiger partial charge in [-0.3, -0.25) is 9.59 Å². The third-order valence-corrected chi connectivity index (χ3v) is 4.29. The van der Waals surface area contributed by atoms with E-state index in [0.29, 0.717) is 25.2 Å². The lowest BCUT2D eigenvalue weighted by Crippen LogP contribution is -2.46. The third-order valence-electron chi connectivity index (χ3n) is 4.29. The maximum atomic E-state index is 12.7. The van der Waals surface area contributed by atoms with E-state index in [1.54, 1.807) is 14.2 Å². The molecule has 7 heteroatoms. The average Bonchev–Trinajstić information content (AvgIpc) is 2.95. The molecule has 2 amide bonds. The van der Waals surface area contributed by atoms with E-state index in [1.165, 1.54) is 5.01 Å². The highest BCUT2D eigenvalue weighted by Crippen LogP contribution is 2.20. The number of hydrazone groups is 1. The number of likely N-dealkylation sites (N-methyl/N-ethyl adjacent to an activating group) is 1. The van der Waals surface area contributed by atoms with Gasteiger partial charge in [0.2, 0.25) is 5.91 Å². The second-order valence-corrected chi connectivity index (χ2v) is 6.01. The summed E-state index contributed by atoms with van der Waals surface area (Å²) in [4.78, 5) is 28.3. The first-order chi connectivity index (χ1) is 10.5. The molecule has 1 atom stereocenters. The van der Waals surface area contributed by atoms with Crippen LogP contribution in [-0.2, 0) is 14.3 Å². The van der Waals surface area contributed by atoms with Crippen molar-refractivity contribution >= 4 is 17.5 Å². The standard InChI is InChI=1S/C15H26N4O3/c1-17(9-10-22-3)11-12-5-4-8-19(12)15(21)13-6-7-14(20)18(2)16-13/h12H,4-11H2,1-3H3/t12-/m1/s1. The van der Waals surface area contributed by atoms with Gasteiger partial charge >= 0.3 is 0 Å². The Morgan fingerprint density at radius 3 is 2.91 bits per heavy atom. The highest BCUT2D eigenvalue weighted by Gasteiger charge is 2.33. The molecule has 0 unspecified atom stereocenters. The van der Waals surface area contributed by atoms with Crippen molar-refractivity contribution in [3.05, 3.63) is 0 Å². The van der Waals surface area contributed by atoms with Crippen molar-refractivity contribution in [3.8, 4) is 0 Å². The third kappa shape index (κ3) is 4.04. The summed E-state index contributed by atoms with van der Waals surface area (Å²) in [5.41, 5.74) is 0.508. The Labute approximate surface area is 131 Å². The summed E-state index contributed by atoms with van der Waals surface area (Å²) in [6.07, 6.45) is 2.86. The fourth-order valence-electron chi connectivity index (χ4n) is 2.98. The van der Waals surface area contributed by atoms with Crippen LogP contribution in [0.5, 0.6) is 0 Å². The number of amides is 2. The van der Waals surface area contributed by atoms with Crippen LogP contribution in [0.1, 0.15) is 25.7 Å². The minimum absolute atomic E-state index is 0.0120. The molecule has 0 aromatic heterocycles. The lowest BCUT2D eigenvalue weighted by Gasteiger charge is -2.30. The van der Waals surface area contributed by atoms with E-state index in [2.05, 4.69) is 10.0 Å². The molecule has 0 aromatic carbocycles. The topological polar surface area (TPSA) is 65.5 Å². The van der Waals surface area contributed by atoms with E-state index in [0.717, 1.165) is 32.5 Å². The highest BCUT2D eigenvalue weighted by atomic mass is 16.5. The number of hydrogen-bond acceptors (Lipinski definition) is 5. The number of nitrogens with zero attached hydrogens (tertiary/aromatic N) is 4. The van der Waals surface area contributed by atoms with Crippen molar-refractivity contribution in [2.45, 2.75) is 31.7 Å². The quantitative estimate of drug-likeness (QED) is 0.701. The molecule has 7 nitrogen and oxygen atoms in total. The zero-order chi connectivity index (χ0) is 16.1. The monoisotopic (exact) mass is 310 g/mol. The molecule has 1 fully saturated rings. The first-order valence-corrected chi connectivity index (χ1v) is 7.85. The second-order valence-electron chi connectivity index (χ2n) is 6.01. The van der Waals surface area contributed by atoms with Crippen LogP contribution in [0.2, 0.25) is 0 Å². The van der Waals surface area contributed by atoms with Crippen molar-refractivity contribution in [2.24, 2.45) is 5.10 Å². The summed E-state index contributed by atoms with van der Waals surface area (Å²) < 4.78 is 5.09. The second kappa shape index (κ2) is 7.69. The first kappa shape index (κ1) is 16.9. The van der Waals surface area contributed by atoms with Crippen LogP contribution in [0.25, 0.3) is 0 Å². The van der Waals surface area contributed by atoms with Crippen molar-refractivity contribution in [3.63, 3.8) is 0 Å². The van der Waals surface area contributed by atoms with Crippen LogP contribution in [0.15, 0.2) is 5.10 Å². The Kier molecular flexibility index (Phi) is 5.90. The van der Waals surface area contributed by atoms with E-state index in [4.69, 9.17) is 4.74 Å². The predicted octanol–water partition coefficient (Wildman–Crippen LogP) is 0.164. The predicted molar refractivity (Wildman–Crippen MR) is 83.5 cm³/mol. The van der Waals surface area contributed by atoms with Crippen molar-refractivity contribution < 1.29 is 14.3 Å². The van der Waals surface area contributed by atoms with Crippen LogP contribution >= 0.6 is 0 Å². The van der Waals surface area contributed by atoms with E-state index in [9.17, 15) is 9.59 Å². The fraction of sp³-hybridized carbons (Fsp3) is 0.800. The van der Waals surface area contributed by atoms with Gasteiger partial charge in [0, 0.05) is 52.7 Å². The van der Waals surface area contributed by atoms with Crippen LogP contribution in [0.3, 0.4) is 0 Å². The summed E-state index contributed by atoms with van der Waals surface area (Å²) in [7, 11) is 5.34. The number of likely N-dealkylation sites (tertiary alicyclic amines) is 1. The van der Waals surface area contributed by atoms with Gasteiger partial charge in [-0.15, -0.1) is 0 Å². The minimum atomic E-state index is -0.0335. The maximum Gasteiger partial charge on any atom is 0.270 e. The van der Waals surface area contributed by atoms with Gasteiger partial charge in [-0.1, -0.05) is 0 Å². The summed E-state index contributed by atoms with van der Waals surface area (Å²) in [5, 5.41) is 5.43. The molecule has 0 bridgehead atoms. The SMILES string of the molecule is COCCN(C)C[C@H]1CCCN1C(=O)C1=NN(C)C(=O)CC1. The molecule has 22 heavy (non-hydrogen) atoms. The molecule has 1 saturated heterocycles. The van der Waals surface area contributed by atoms with Gasteiger partial charge in [-0.25, -0.2) is 5.01 Å². The van der Waals surface area contributed by atoms with Crippen molar-refractivity contribution in [2.75, 3.05) is 47.4 Å². The van der Waals surface area contributed by atoms with Gasteiger partial charge in [0.05, 0.1) is 6.61 Å². The smallest absolute Gasteiger partial charge is 0.270 e. The molecular weight excluding hydrogens is 284 g/mol. The van der Waals surface area contributed by atoms with Gasteiger partial charge in [-0.05, 0) is 19.9 Å². The molecule has 2 heterocycles. The molecular formula is C15H26N4O3. The Bertz CT molecular complexity index is 452. The fourth-order valence-corrected chi connectivity index (χ4v) is 2.98. The number of carbonyl (C=O) groups excluding carboxylic acids is 2. The highest BCUT2D eigenvalue weighted by molar-refractivity contribution is 6.39. The van der Waals surface area contributed by atoms with Gasteiger partial charge in [-0.2, -0.15) is 5.10 Å². The van der Waals surface area contributed by atoms with Crippen LogP contribution in [-0.4, -0.2) is 85.8 Å². The Morgan fingerprint density at radius 1 is 1.45 bits per heavy atom. The van der Waals surface area contributed by atoms with Crippen LogP contribution in [0, 0.1) is 0 Å². The summed E-state index contributed by atoms with van der Waals surface area (Å²) in [6.45, 7) is 3.17. The molecule has 0 aliphatic carbocycles.